The Kier molecular flexibility index (Phi) is 5.06. The topological polar surface area (TPSA) is 96.3 Å². The third-order valence-electron chi connectivity index (χ3n) is 4.94. The molecule has 2 aliphatic rings. The largest absolute Gasteiger partial charge is 0.352 e. The van der Waals surface area contributed by atoms with E-state index in [0.29, 0.717) is 19.4 Å². The van der Waals surface area contributed by atoms with Gasteiger partial charge in [-0.2, -0.15) is 0 Å². The molecule has 2 fully saturated rings. The van der Waals surface area contributed by atoms with Gasteiger partial charge in [0.05, 0.1) is 6.33 Å². The summed E-state index contributed by atoms with van der Waals surface area (Å²) >= 11 is 0. The molecule has 25 heavy (non-hydrogen) atoms. The zero-order valence-corrected chi connectivity index (χ0v) is 14.5. The van der Waals surface area contributed by atoms with Crippen LogP contribution in [0, 0.1) is 0 Å². The summed E-state index contributed by atoms with van der Waals surface area (Å²) in [6, 6.07) is -0.332. The van der Waals surface area contributed by atoms with Gasteiger partial charge in [-0.3, -0.25) is 14.5 Å². The number of carbonyl (C=O) groups excluding carboxylic acids is 3. The van der Waals surface area contributed by atoms with Crippen molar-refractivity contribution in [1.29, 1.82) is 0 Å². The lowest BCUT2D eigenvalue weighted by Gasteiger charge is -2.20. The minimum absolute atomic E-state index is 0.0137. The number of imide groups is 1. The quantitative estimate of drug-likeness (QED) is 0.720. The standard InChI is InChI=1S/C17H25N5O3/c1-13(11-21-10-8-18-12-21)19-14(23)5-4-9-22-15(24)17(20-16(22)25)6-2-3-7-17/h8,10,12-13H,2-7,9,11H2,1H3,(H,19,23)(H,20,25)/t13-/m0/s1. The molecule has 8 heteroatoms. The Hall–Kier alpha value is -2.38. The molecule has 1 aliphatic carbocycles. The summed E-state index contributed by atoms with van der Waals surface area (Å²) in [4.78, 5) is 41.8. The van der Waals surface area contributed by atoms with Gasteiger partial charge >= 0.3 is 6.03 Å². The van der Waals surface area contributed by atoms with Crippen LogP contribution in [0.3, 0.4) is 0 Å². The fourth-order valence-corrected chi connectivity index (χ4v) is 3.70. The number of carbonyl (C=O) groups is 3. The molecule has 0 radical (unpaired) electrons. The molecule has 1 saturated heterocycles. The molecule has 4 amide bonds. The van der Waals surface area contributed by atoms with E-state index in [2.05, 4.69) is 15.6 Å². The van der Waals surface area contributed by atoms with Crippen LogP contribution in [0.2, 0.25) is 0 Å². The van der Waals surface area contributed by atoms with Crippen molar-refractivity contribution in [2.75, 3.05) is 6.54 Å². The third-order valence-corrected chi connectivity index (χ3v) is 4.94. The number of amides is 4. The summed E-state index contributed by atoms with van der Waals surface area (Å²) in [5.41, 5.74) is -0.668. The number of hydrogen-bond donors (Lipinski definition) is 2. The van der Waals surface area contributed by atoms with E-state index in [1.807, 2.05) is 17.7 Å². The highest BCUT2D eigenvalue weighted by Crippen LogP contribution is 2.35. The summed E-state index contributed by atoms with van der Waals surface area (Å²) in [5, 5.41) is 5.78. The number of rotatable bonds is 7. The van der Waals surface area contributed by atoms with Gasteiger partial charge in [0.2, 0.25) is 5.91 Å². The molecule has 1 saturated carbocycles. The smallest absolute Gasteiger partial charge is 0.325 e. The second-order valence-corrected chi connectivity index (χ2v) is 7.01. The van der Waals surface area contributed by atoms with Crippen molar-refractivity contribution in [1.82, 2.24) is 25.1 Å². The third kappa shape index (κ3) is 3.83. The van der Waals surface area contributed by atoms with Crippen LogP contribution in [0.4, 0.5) is 4.79 Å². The Bertz CT molecular complexity index is 637. The summed E-state index contributed by atoms with van der Waals surface area (Å²) < 4.78 is 1.90. The maximum atomic E-state index is 12.5. The predicted octanol–water partition coefficient (Wildman–Crippen LogP) is 1.03. The average molecular weight is 347 g/mol. The van der Waals surface area contributed by atoms with Gasteiger partial charge in [0.25, 0.3) is 5.91 Å². The fourth-order valence-electron chi connectivity index (χ4n) is 3.70. The van der Waals surface area contributed by atoms with Crippen LogP contribution in [0.15, 0.2) is 18.7 Å². The Labute approximate surface area is 147 Å². The van der Waals surface area contributed by atoms with Gasteiger partial charge in [0.1, 0.15) is 5.54 Å². The van der Waals surface area contributed by atoms with Crippen molar-refractivity contribution >= 4 is 17.8 Å². The molecule has 2 heterocycles. The Morgan fingerprint density at radius 2 is 2.16 bits per heavy atom. The highest BCUT2D eigenvalue weighted by atomic mass is 16.2. The van der Waals surface area contributed by atoms with Gasteiger partial charge in [-0.1, -0.05) is 12.8 Å². The first-order chi connectivity index (χ1) is 12.0. The SMILES string of the molecule is C[C@@H](Cn1ccnc1)NC(=O)CCCN1C(=O)NC2(CCCC2)C1=O. The Morgan fingerprint density at radius 1 is 1.40 bits per heavy atom. The molecule has 1 spiro atoms. The molecule has 8 nitrogen and oxygen atoms in total. The normalized spacial score (nSPS) is 20.1. The van der Waals surface area contributed by atoms with Crippen LogP contribution in [0.1, 0.15) is 45.4 Å². The first-order valence-corrected chi connectivity index (χ1v) is 8.89. The molecule has 0 aromatic carbocycles. The molecular weight excluding hydrogens is 322 g/mol. The Balaban J connectivity index is 1.41. The van der Waals surface area contributed by atoms with Gasteiger partial charge in [-0.15, -0.1) is 0 Å². The van der Waals surface area contributed by atoms with Crippen molar-refractivity contribution < 1.29 is 14.4 Å². The van der Waals surface area contributed by atoms with Crippen LogP contribution >= 0.6 is 0 Å². The van der Waals surface area contributed by atoms with Crippen LogP contribution in [0.5, 0.6) is 0 Å². The molecule has 1 atom stereocenters. The molecule has 2 N–H and O–H groups in total. The second-order valence-electron chi connectivity index (χ2n) is 7.01. The van der Waals surface area contributed by atoms with Crippen LogP contribution in [-0.4, -0.2) is 50.4 Å². The number of aromatic nitrogens is 2. The van der Waals surface area contributed by atoms with Crippen molar-refractivity contribution in [3.05, 3.63) is 18.7 Å². The highest BCUT2D eigenvalue weighted by molar-refractivity contribution is 6.07. The van der Waals surface area contributed by atoms with Crippen molar-refractivity contribution in [3.8, 4) is 0 Å². The average Bonchev–Trinajstić information content (AvgIpc) is 3.26. The first kappa shape index (κ1) is 17.4. The minimum atomic E-state index is -0.668. The van der Waals surface area contributed by atoms with Crippen molar-refractivity contribution in [2.24, 2.45) is 0 Å². The fraction of sp³-hybridized carbons (Fsp3) is 0.647. The highest BCUT2D eigenvalue weighted by Gasteiger charge is 2.51. The van der Waals surface area contributed by atoms with E-state index < -0.39 is 5.54 Å². The Morgan fingerprint density at radius 3 is 2.84 bits per heavy atom. The summed E-state index contributed by atoms with van der Waals surface area (Å²) in [5.74, 6) is -0.195. The number of urea groups is 1. The van der Waals surface area contributed by atoms with Crippen LogP contribution < -0.4 is 10.6 Å². The van der Waals surface area contributed by atoms with E-state index in [4.69, 9.17) is 0 Å². The maximum Gasteiger partial charge on any atom is 0.325 e. The zero-order valence-electron chi connectivity index (χ0n) is 14.5. The lowest BCUT2D eigenvalue weighted by Crippen LogP contribution is -2.44. The first-order valence-electron chi connectivity index (χ1n) is 8.89. The number of imidazole rings is 1. The summed E-state index contributed by atoms with van der Waals surface area (Å²) in [7, 11) is 0. The number of hydrogen-bond acceptors (Lipinski definition) is 4. The summed E-state index contributed by atoms with van der Waals surface area (Å²) in [6.07, 6.45) is 9.40. The molecule has 0 unspecified atom stereocenters. The molecular formula is C17H25N5O3. The lowest BCUT2D eigenvalue weighted by molar-refractivity contribution is -0.131. The molecule has 1 aromatic heterocycles. The van der Waals surface area contributed by atoms with Gasteiger partial charge in [-0.25, -0.2) is 9.78 Å². The van der Waals surface area contributed by atoms with Gasteiger partial charge < -0.3 is 15.2 Å². The van der Waals surface area contributed by atoms with Crippen molar-refractivity contribution in [3.63, 3.8) is 0 Å². The van der Waals surface area contributed by atoms with E-state index in [1.165, 1.54) is 4.90 Å². The van der Waals surface area contributed by atoms with Gasteiger partial charge in [0.15, 0.2) is 0 Å². The molecule has 136 valence electrons. The predicted molar refractivity (Wildman–Crippen MR) is 90.5 cm³/mol. The zero-order chi connectivity index (χ0) is 17.9. The number of nitrogens with zero attached hydrogens (tertiary/aromatic N) is 3. The molecule has 0 bridgehead atoms. The van der Waals surface area contributed by atoms with Gasteiger partial charge in [-0.05, 0) is 26.2 Å². The maximum absolute atomic E-state index is 12.5. The van der Waals surface area contributed by atoms with Crippen molar-refractivity contribution in [2.45, 2.75) is 63.6 Å². The van der Waals surface area contributed by atoms with E-state index in [9.17, 15) is 14.4 Å². The number of nitrogens with one attached hydrogen (secondary N) is 2. The second kappa shape index (κ2) is 7.25. The van der Waals surface area contributed by atoms with E-state index >= 15 is 0 Å². The molecule has 1 aromatic rings. The molecule has 1 aliphatic heterocycles. The molecule has 3 rings (SSSR count). The van der Waals surface area contributed by atoms with E-state index in [-0.39, 0.29) is 30.4 Å². The monoisotopic (exact) mass is 347 g/mol. The van der Waals surface area contributed by atoms with Gasteiger partial charge in [0, 0.05) is 37.9 Å². The lowest BCUT2D eigenvalue weighted by atomic mass is 9.98. The van der Waals surface area contributed by atoms with E-state index in [1.54, 1.807) is 12.5 Å². The van der Waals surface area contributed by atoms with E-state index in [0.717, 1.165) is 25.7 Å². The summed E-state index contributed by atoms with van der Waals surface area (Å²) in [6.45, 7) is 2.87. The minimum Gasteiger partial charge on any atom is -0.352 e. The van der Waals surface area contributed by atoms with Crippen LogP contribution in [-0.2, 0) is 16.1 Å². The van der Waals surface area contributed by atoms with Crippen LogP contribution in [0.25, 0.3) is 0 Å².